The van der Waals surface area contributed by atoms with Crippen LogP contribution in [0.15, 0.2) is 30.3 Å². The Morgan fingerprint density at radius 2 is 2.06 bits per heavy atom. The van der Waals surface area contributed by atoms with Gasteiger partial charge in [0.15, 0.2) is 0 Å². The molecule has 3 nitrogen and oxygen atoms in total. The first-order valence-corrected chi connectivity index (χ1v) is 5.33. The van der Waals surface area contributed by atoms with E-state index in [1.54, 1.807) is 0 Å². The lowest BCUT2D eigenvalue weighted by Crippen LogP contribution is -2.20. The normalized spacial score (nSPS) is 10.6. The van der Waals surface area contributed by atoms with Crippen LogP contribution in [0.1, 0.15) is 24.5 Å². The van der Waals surface area contributed by atoms with Gasteiger partial charge in [0, 0.05) is 13.5 Å². The number of benzene rings is 1. The molecule has 0 bridgehead atoms. The first kappa shape index (κ1) is 12.5. The molecule has 1 aromatic rings. The SMILES string of the molecule is CC(=O)NCCC=Cc1ccc(CO)cc1. The van der Waals surface area contributed by atoms with E-state index in [4.69, 9.17) is 5.11 Å². The third-order valence-corrected chi connectivity index (χ3v) is 2.16. The van der Waals surface area contributed by atoms with Crippen molar-refractivity contribution >= 4 is 12.0 Å². The van der Waals surface area contributed by atoms with Gasteiger partial charge < -0.3 is 10.4 Å². The van der Waals surface area contributed by atoms with E-state index in [2.05, 4.69) is 5.32 Å². The maximum atomic E-state index is 10.6. The van der Waals surface area contributed by atoms with Gasteiger partial charge in [-0.3, -0.25) is 4.79 Å². The highest BCUT2D eigenvalue weighted by Gasteiger charge is 1.90. The third-order valence-electron chi connectivity index (χ3n) is 2.16. The highest BCUT2D eigenvalue weighted by Crippen LogP contribution is 2.06. The van der Waals surface area contributed by atoms with Crippen LogP contribution in [-0.2, 0) is 11.4 Å². The Hall–Kier alpha value is -1.61. The molecule has 0 saturated carbocycles. The van der Waals surface area contributed by atoms with Crippen molar-refractivity contribution in [2.24, 2.45) is 0 Å². The van der Waals surface area contributed by atoms with E-state index < -0.39 is 0 Å². The second kappa shape index (κ2) is 6.80. The van der Waals surface area contributed by atoms with Gasteiger partial charge in [-0.1, -0.05) is 36.4 Å². The Labute approximate surface area is 95.8 Å². The minimum atomic E-state index is 0.000647. The van der Waals surface area contributed by atoms with E-state index in [9.17, 15) is 4.79 Å². The number of nitrogens with one attached hydrogen (secondary N) is 1. The van der Waals surface area contributed by atoms with Crippen LogP contribution in [0, 0.1) is 0 Å². The van der Waals surface area contributed by atoms with Gasteiger partial charge >= 0.3 is 0 Å². The van der Waals surface area contributed by atoms with Gasteiger partial charge in [0.2, 0.25) is 5.91 Å². The number of rotatable bonds is 5. The van der Waals surface area contributed by atoms with E-state index in [-0.39, 0.29) is 12.5 Å². The van der Waals surface area contributed by atoms with E-state index >= 15 is 0 Å². The van der Waals surface area contributed by atoms with Crippen LogP contribution >= 0.6 is 0 Å². The summed E-state index contributed by atoms with van der Waals surface area (Å²) in [6.07, 6.45) is 4.84. The molecule has 0 atom stereocenters. The van der Waals surface area contributed by atoms with Crippen LogP contribution < -0.4 is 5.32 Å². The number of hydrogen-bond donors (Lipinski definition) is 2. The number of aliphatic hydroxyl groups excluding tert-OH is 1. The maximum Gasteiger partial charge on any atom is 0.216 e. The van der Waals surface area contributed by atoms with Crippen molar-refractivity contribution < 1.29 is 9.90 Å². The molecule has 0 saturated heterocycles. The first-order chi connectivity index (χ1) is 7.72. The van der Waals surface area contributed by atoms with E-state index in [0.717, 1.165) is 17.5 Å². The molecule has 0 aliphatic carbocycles. The van der Waals surface area contributed by atoms with E-state index in [0.29, 0.717) is 6.54 Å². The van der Waals surface area contributed by atoms with Crippen molar-refractivity contribution in [3.8, 4) is 0 Å². The quantitative estimate of drug-likeness (QED) is 0.741. The summed E-state index contributed by atoms with van der Waals surface area (Å²) in [6, 6.07) is 7.71. The summed E-state index contributed by atoms with van der Waals surface area (Å²) in [4.78, 5) is 10.6. The van der Waals surface area contributed by atoms with Crippen LogP contribution in [-0.4, -0.2) is 17.6 Å². The van der Waals surface area contributed by atoms with Gasteiger partial charge in [0.25, 0.3) is 0 Å². The zero-order chi connectivity index (χ0) is 11.8. The van der Waals surface area contributed by atoms with Crippen LogP contribution in [0.2, 0.25) is 0 Å². The molecule has 1 amide bonds. The lowest BCUT2D eigenvalue weighted by Gasteiger charge is -1.98. The molecule has 16 heavy (non-hydrogen) atoms. The number of aliphatic hydroxyl groups is 1. The van der Waals surface area contributed by atoms with Gasteiger partial charge in [-0.15, -0.1) is 0 Å². The summed E-state index contributed by atoms with van der Waals surface area (Å²) >= 11 is 0. The molecule has 86 valence electrons. The summed E-state index contributed by atoms with van der Waals surface area (Å²) in [6.45, 7) is 2.25. The highest BCUT2D eigenvalue weighted by molar-refractivity contribution is 5.72. The fourth-order valence-electron chi connectivity index (χ4n) is 1.29. The summed E-state index contributed by atoms with van der Waals surface area (Å²) in [5, 5.41) is 11.6. The van der Waals surface area contributed by atoms with Gasteiger partial charge in [-0.25, -0.2) is 0 Å². The van der Waals surface area contributed by atoms with Crippen LogP contribution in [0.4, 0.5) is 0 Å². The molecule has 0 unspecified atom stereocenters. The summed E-state index contributed by atoms with van der Waals surface area (Å²) in [7, 11) is 0. The van der Waals surface area contributed by atoms with Gasteiger partial charge in [0.05, 0.1) is 6.61 Å². The topological polar surface area (TPSA) is 49.3 Å². The molecule has 0 aliphatic rings. The molecule has 0 aromatic heterocycles. The predicted molar refractivity (Wildman–Crippen MR) is 64.7 cm³/mol. The van der Waals surface area contributed by atoms with Crippen molar-refractivity contribution in [1.82, 2.24) is 5.32 Å². The molecule has 0 heterocycles. The van der Waals surface area contributed by atoms with Crippen molar-refractivity contribution in [1.29, 1.82) is 0 Å². The van der Waals surface area contributed by atoms with Crippen LogP contribution in [0.3, 0.4) is 0 Å². The van der Waals surface area contributed by atoms with Gasteiger partial charge in [0.1, 0.15) is 0 Å². The lowest BCUT2D eigenvalue weighted by molar-refractivity contribution is -0.118. The monoisotopic (exact) mass is 219 g/mol. The Morgan fingerprint density at radius 3 is 2.62 bits per heavy atom. The molecule has 0 fully saturated rings. The highest BCUT2D eigenvalue weighted by atomic mass is 16.3. The third kappa shape index (κ3) is 4.75. The molecule has 0 spiro atoms. The second-order valence-electron chi connectivity index (χ2n) is 3.57. The Bertz CT molecular complexity index is 355. The minimum absolute atomic E-state index is 0.000647. The molecule has 2 N–H and O–H groups in total. The summed E-state index contributed by atoms with van der Waals surface area (Å²) in [5.74, 6) is 0.000647. The Balaban J connectivity index is 2.35. The summed E-state index contributed by atoms with van der Waals surface area (Å²) in [5.41, 5.74) is 2.01. The number of amides is 1. The Kier molecular flexibility index (Phi) is 5.29. The van der Waals surface area contributed by atoms with Crippen molar-refractivity contribution in [2.45, 2.75) is 20.0 Å². The Morgan fingerprint density at radius 1 is 1.38 bits per heavy atom. The molecular weight excluding hydrogens is 202 g/mol. The van der Waals surface area contributed by atoms with E-state index in [1.807, 2.05) is 36.4 Å². The van der Waals surface area contributed by atoms with Crippen molar-refractivity contribution in [3.05, 3.63) is 41.5 Å². The second-order valence-corrected chi connectivity index (χ2v) is 3.57. The van der Waals surface area contributed by atoms with Crippen LogP contribution in [0.25, 0.3) is 6.08 Å². The van der Waals surface area contributed by atoms with Crippen molar-refractivity contribution in [3.63, 3.8) is 0 Å². The zero-order valence-corrected chi connectivity index (χ0v) is 9.44. The molecule has 0 radical (unpaired) electrons. The number of carbonyl (C=O) groups excluding carboxylic acids is 1. The largest absolute Gasteiger partial charge is 0.392 e. The van der Waals surface area contributed by atoms with Gasteiger partial charge in [-0.05, 0) is 17.5 Å². The fraction of sp³-hybridized carbons (Fsp3) is 0.308. The van der Waals surface area contributed by atoms with Crippen LogP contribution in [0.5, 0.6) is 0 Å². The smallest absolute Gasteiger partial charge is 0.216 e. The molecule has 0 aliphatic heterocycles. The lowest BCUT2D eigenvalue weighted by atomic mass is 10.1. The molecule has 1 rings (SSSR count). The average molecular weight is 219 g/mol. The zero-order valence-electron chi connectivity index (χ0n) is 9.44. The maximum absolute atomic E-state index is 10.6. The molecule has 1 aromatic carbocycles. The number of carbonyl (C=O) groups is 1. The average Bonchev–Trinajstić information content (AvgIpc) is 2.29. The standard InChI is InChI=1S/C13H17NO2/c1-11(16)14-9-3-2-4-12-5-7-13(10-15)8-6-12/h2,4-8,15H,3,9-10H2,1H3,(H,14,16). The molecule has 3 heteroatoms. The van der Waals surface area contributed by atoms with Crippen molar-refractivity contribution in [2.75, 3.05) is 6.54 Å². The first-order valence-electron chi connectivity index (χ1n) is 5.33. The van der Waals surface area contributed by atoms with E-state index in [1.165, 1.54) is 6.92 Å². The summed E-state index contributed by atoms with van der Waals surface area (Å²) < 4.78 is 0. The van der Waals surface area contributed by atoms with Gasteiger partial charge in [-0.2, -0.15) is 0 Å². The fourth-order valence-corrected chi connectivity index (χ4v) is 1.29. The predicted octanol–water partition coefficient (Wildman–Crippen LogP) is 1.72. The minimum Gasteiger partial charge on any atom is -0.392 e. The molecular formula is C13H17NO2. The number of hydrogen-bond acceptors (Lipinski definition) is 2.